The van der Waals surface area contributed by atoms with Crippen molar-refractivity contribution in [2.24, 2.45) is 5.41 Å². The summed E-state index contributed by atoms with van der Waals surface area (Å²) in [6.45, 7) is 9.07. The van der Waals surface area contributed by atoms with Gasteiger partial charge in [-0.2, -0.15) is 0 Å². The van der Waals surface area contributed by atoms with Gasteiger partial charge in [0.15, 0.2) is 6.39 Å². The maximum atomic E-state index is 13.1. The first-order chi connectivity index (χ1) is 20.1. The fourth-order valence-electron chi connectivity index (χ4n) is 5.40. The number of aryl methyl sites for hydroxylation is 2. The Morgan fingerprint density at radius 3 is 2.64 bits per heavy atom. The second kappa shape index (κ2) is 11.8. The Hall–Kier alpha value is -4.38. The predicted octanol–water partition coefficient (Wildman–Crippen LogP) is 4.44. The van der Waals surface area contributed by atoms with Crippen molar-refractivity contribution in [1.29, 1.82) is 0 Å². The van der Waals surface area contributed by atoms with Crippen molar-refractivity contribution in [1.82, 2.24) is 14.9 Å². The number of benzene rings is 1. The van der Waals surface area contributed by atoms with Gasteiger partial charge in [0.25, 0.3) is 5.56 Å². The van der Waals surface area contributed by atoms with E-state index in [9.17, 15) is 14.4 Å². The topological polar surface area (TPSA) is 123 Å². The molecule has 11 heteroatoms. The number of nitrogens with zero attached hydrogens (tertiary/aromatic N) is 4. The highest BCUT2D eigenvalue weighted by atomic mass is 16.5. The Balaban J connectivity index is 1.19. The number of aromatic nitrogens is 2. The number of hydrogen-bond acceptors (Lipinski definition) is 8. The van der Waals surface area contributed by atoms with Gasteiger partial charge in [0, 0.05) is 32.4 Å². The normalized spacial score (nSPS) is 15.6. The summed E-state index contributed by atoms with van der Waals surface area (Å²) in [7, 11) is 1.69. The molecular formula is C31H37N5O6. The number of furan rings is 1. The molecule has 0 radical (unpaired) electrons. The van der Waals surface area contributed by atoms with E-state index in [1.54, 1.807) is 48.8 Å². The highest BCUT2D eigenvalue weighted by molar-refractivity contribution is 6.20. The summed E-state index contributed by atoms with van der Waals surface area (Å²) in [6.07, 6.45) is 6.14. The molecule has 0 aliphatic carbocycles. The Morgan fingerprint density at radius 2 is 1.90 bits per heavy atom. The first-order valence-electron chi connectivity index (χ1n) is 14.2. The number of anilines is 2. The fourth-order valence-corrected chi connectivity index (χ4v) is 5.40. The molecule has 3 aromatic heterocycles. The van der Waals surface area contributed by atoms with Crippen molar-refractivity contribution in [3.05, 3.63) is 71.0 Å². The quantitative estimate of drug-likeness (QED) is 0.206. The van der Waals surface area contributed by atoms with Crippen molar-refractivity contribution >= 4 is 34.2 Å². The predicted molar refractivity (Wildman–Crippen MR) is 159 cm³/mol. The number of rotatable bonds is 11. The molecule has 11 nitrogen and oxygen atoms in total. The van der Waals surface area contributed by atoms with Crippen molar-refractivity contribution in [2.45, 2.75) is 53.1 Å². The van der Waals surface area contributed by atoms with Gasteiger partial charge in [-0.25, -0.2) is 4.98 Å². The number of pyridine rings is 1. The number of fused-ring (bicyclic) bond motifs is 2. The lowest BCUT2D eigenvalue weighted by Crippen LogP contribution is -2.47. The van der Waals surface area contributed by atoms with E-state index >= 15 is 0 Å². The maximum absolute atomic E-state index is 13.1. The highest BCUT2D eigenvalue weighted by Crippen LogP contribution is 2.40. The number of amides is 2. The van der Waals surface area contributed by atoms with Crippen LogP contribution in [0.4, 0.5) is 11.4 Å². The molecule has 1 unspecified atom stereocenters. The Labute approximate surface area is 244 Å². The third-order valence-corrected chi connectivity index (χ3v) is 7.75. The van der Waals surface area contributed by atoms with Crippen molar-refractivity contribution in [3.8, 4) is 5.75 Å². The average molecular weight is 576 g/mol. The third kappa shape index (κ3) is 5.56. The standard InChI is InChI=1S/C31H37N5O6/c1-6-36-24-9-8-21(17-25(24)34(5)29(38)31(3,4)30(36)39)40-15-7-12-33-23(27-18-32-19-41-27)10-13-35-14-11-26-22(28(35)37)16-20(2)42-26/h8-9,11,14,16-19,23,33H,6-7,10,12-13,15H2,1-5H3. The van der Waals surface area contributed by atoms with Crippen LogP contribution in [0.2, 0.25) is 0 Å². The van der Waals surface area contributed by atoms with Gasteiger partial charge in [0.2, 0.25) is 11.8 Å². The van der Waals surface area contributed by atoms with Crippen LogP contribution in [0.5, 0.6) is 5.75 Å². The molecule has 222 valence electrons. The summed E-state index contributed by atoms with van der Waals surface area (Å²) < 4.78 is 18.8. The zero-order chi connectivity index (χ0) is 30.0. The second-order valence-electron chi connectivity index (χ2n) is 11.0. The average Bonchev–Trinajstić information content (AvgIpc) is 3.64. The molecule has 0 saturated carbocycles. The van der Waals surface area contributed by atoms with E-state index in [4.69, 9.17) is 13.6 Å². The highest BCUT2D eigenvalue weighted by Gasteiger charge is 2.45. The van der Waals surface area contributed by atoms with E-state index in [0.717, 1.165) is 0 Å². The summed E-state index contributed by atoms with van der Waals surface area (Å²) in [4.78, 5) is 46.3. The minimum absolute atomic E-state index is 0.0860. The van der Waals surface area contributed by atoms with E-state index in [-0.39, 0.29) is 23.4 Å². The molecule has 0 bridgehead atoms. The van der Waals surface area contributed by atoms with Gasteiger partial charge in [0.1, 0.15) is 28.3 Å². The van der Waals surface area contributed by atoms with Gasteiger partial charge in [-0.1, -0.05) is 0 Å². The van der Waals surface area contributed by atoms with Crippen LogP contribution < -0.4 is 25.4 Å². The number of oxazole rings is 1. The molecule has 4 heterocycles. The summed E-state index contributed by atoms with van der Waals surface area (Å²) in [5.41, 5.74) is 0.674. The van der Waals surface area contributed by atoms with E-state index in [1.165, 1.54) is 11.3 Å². The lowest BCUT2D eigenvalue weighted by Gasteiger charge is -2.27. The van der Waals surface area contributed by atoms with Crippen LogP contribution >= 0.6 is 0 Å². The molecule has 5 rings (SSSR count). The first kappa shape index (κ1) is 29.1. The molecular weight excluding hydrogens is 538 g/mol. The first-order valence-corrected chi connectivity index (χ1v) is 14.2. The van der Waals surface area contributed by atoms with Crippen LogP contribution in [0.25, 0.3) is 11.0 Å². The van der Waals surface area contributed by atoms with Crippen LogP contribution in [-0.2, 0) is 16.1 Å². The van der Waals surface area contributed by atoms with Crippen molar-refractivity contribution < 1.29 is 23.2 Å². The lowest BCUT2D eigenvalue weighted by molar-refractivity contribution is -0.137. The Morgan fingerprint density at radius 1 is 1.10 bits per heavy atom. The number of nitrogens with one attached hydrogen (secondary N) is 1. The smallest absolute Gasteiger partial charge is 0.261 e. The molecule has 0 fully saturated rings. The Kier molecular flexibility index (Phi) is 8.22. The monoisotopic (exact) mass is 575 g/mol. The third-order valence-electron chi connectivity index (χ3n) is 7.75. The van der Waals surface area contributed by atoms with Gasteiger partial charge < -0.3 is 33.3 Å². The molecule has 1 atom stereocenters. The molecule has 1 aromatic carbocycles. The van der Waals surface area contributed by atoms with Gasteiger partial charge in [0.05, 0.1) is 35.6 Å². The minimum atomic E-state index is -1.16. The zero-order valence-electron chi connectivity index (χ0n) is 24.7. The molecule has 42 heavy (non-hydrogen) atoms. The van der Waals surface area contributed by atoms with E-state index < -0.39 is 5.41 Å². The second-order valence-corrected chi connectivity index (χ2v) is 11.0. The van der Waals surface area contributed by atoms with E-state index in [0.29, 0.717) is 78.7 Å². The summed E-state index contributed by atoms with van der Waals surface area (Å²) in [5.74, 6) is 1.54. The largest absolute Gasteiger partial charge is 0.493 e. The van der Waals surface area contributed by atoms with Crippen LogP contribution in [0.3, 0.4) is 0 Å². The number of hydrogen-bond donors (Lipinski definition) is 1. The summed E-state index contributed by atoms with van der Waals surface area (Å²) in [6, 6.07) is 8.90. The van der Waals surface area contributed by atoms with Gasteiger partial charge in [-0.3, -0.25) is 14.4 Å². The fraction of sp³-hybridized carbons (Fsp3) is 0.419. The number of ether oxygens (including phenoxy) is 1. The molecule has 0 saturated heterocycles. The molecule has 0 spiro atoms. The van der Waals surface area contributed by atoms with Gasteiger partial charge >= 0.3 is 0 Å². The van der Waals surface area contributed by atoms with Crippen LogP contribution in [0, 0.1) is 12.3 Å². The molecule has 4 aromatic rings. The summed E-state index contributed by atoms with van der Waals surface area (Å²) >= 11 is 0. The number of carbonyl (C=O) groups excluding carboxylic acids is 2. The summed E-state index contributed by atoms with van der Waals surface area (Å²) in [5, 5.41) is 4.06. The zero-order valence-corrected chi connectivity index (χ0v) is 24.7. The molecule has 1 N–H and O–H groups in total. The van der Waals surface area contributed by atoms with Crippen LogP contribution in [-0.4, -0.2) is 48.1 Å². The lowest BCUT2D eigenvalue weighted by atomic mass is 9.90. The van der Waals surface area contributed by atoms with Crippen molar-refractivity contribution in [3.63, 3.8) is 0 Å². The van der Waals surface area contributed by atoms with Crippen LogP contribution in [0.1, 0.15) is 51.2 Å². The van der Waals surface area contributed by atoms with Crippen LogP contribution in [0.15, 0.2) is 62.7 Å². The molecule has 2 amide bonds. The minimum Gasteiger partial charge on any atom is -0.493 e. The van der Waals surface area contributed by atoms with Crippen molar-refractivity contribution in [2.75, 3.05) is 36.5 Å². The maximum Gasteiger partial charge on any atom is 0.261 e. The van der Waals surface area contributed by atoms with Gasteiger partial charge in [-0.15, -0.1) is 0 Å². The molecule has 1 aliphatic rings. The van der Waals surface area contributed by atoms with E-state index in [1.807, 2.05) is 38.1 Å². The number of carbonyl (C=O) groups is 2. The van der Waals surface area contributed by atoms with Gasteiger partial charge in [-0.05, 0) is 71.3 Å². The Bertz CT molecular complexity index is 1640. The SMILES string of the molecule is CCN1C(=O)C(C)(C)C(=O)N(C)c2cc(OCCCNC(CCn3ccc4oc(C)cc4c3=O)c3cnco3)ccc21. The molecule has 1 aliphatic heterocycles. The van der Waals surface area contributed by atoms with E-state index in [2.05, 4.69) is 10.3 Å².